The van der Waals surface area contributed by atoms with Crippen molar-refractivity contribution in [3.63, 3.8) is 0 Å². The van der Waals surface area contributed by atoms with E-state index in [2.05, 4.69) is 31.0 Å². The number of hydrogen-bond acceptors (Lipinski definition) is 2. The van der Waals surface area contributed by atoms with Gasteiger partial charge in [0.05, 0.1) is 0 Å². The van der Waals surface area contributed by atoms with Crippen LogP contribution in [0.1, 0.15) is 59.3 Å². The quantitative estimate of drug-likeness (QED) is 0.813. The van der Waals surface area contributed by atoms with E-state index in [-0.39, 0.29) is 0 Å². The van der Waals surface area contributed by atoms with Gasteiger partial charge in [-0.15, -0.1) is 0 Å². The van der Waals surface area contributed by atoms with Gasteiger partial charge in [0.15, 0.2) is 0 Å². The molecule has 1 N–H and O–H groups in total. The maximum Gasteiger partial charge on any atom is 0.0197 e. The first kappa shape index (κ1) is 13.4. The van der Waals surface area contributed by atoms with Crippen LogP contribution in [0.15, 0.2) is 0 Å². The SMILES string of the molecule is CC(C)CC1CN(C2CCCC2)C(C)CCN1. The molecule has 1 aliphatic heterocycles. The molecule has 100 valence electrons. The van der Waals surface area contributed by atoms with Gasteiger partial charge in [-0.1, -0.05) is 26.7 Å². The lowest BCUT2D eigenvalue weighted by Gasteiger charge is -2.34. The zero-order chi connectivity index (χ0) is 12.3. The van der Waals surface area contributed by atoms with E-state index >= 15 is 0 Å². The lowest BCUT2D eigenvalue weighted by Crippen LogP contribution is -2.45. The van der Waals surface area contributed by atoms with E-state index in [1.807, 2.05) is 0 Å². The van der Waals surface area contributed by atoms with Gasteiger partial charge < -0.3 is 5.32 Å². The normalized spacial score (nSPS) is 33.2. The predicted molar refractivity (Wildman–Crippen MR) is 74.3 cm³/mol. The van der Waals surface area contributed by atoms with Crippen LogP contribution in [0, 0.1) is 5.92 Å². The molecule has 1 aliphatic carbocycles. The molecule has 0 amide bonds. The van der Waals surface area contributed by atoms with Crippen LogP contribution < -0.4 is 5.32 Å². The molecule has 0 aromatic rings. The fourth-order valence-electron chi connectivity index (χ4n) is 3.63. The third-order valence-corrected chi connectivity index (χ3v) is 4.54. The highest BCUT2D eigenvalue weighted by molar-refractivity contribution is 4.87. The van der Waals surface area contributed by atoms with Gasteiger partial charge in [0.2, 0.25) is 0 Å². The second-order valence-electron chi connectivity index (χ2n) is 6.55. The number of nitrogens with one attached hydrogen (secondary N) is 1. The van der Waals surface area contributed by atoms with E-state index in [1.165, 1.54) is 51.6 Å². The van der Waals surface area contributed by atoms with Crippen molar-refractivity contribution >= 4 is 0 Å². The van der Waals surface area contributed by atoms with Crippen molar-refractivity contribution in [2.45, 2.75) is 77.4 Å². The molecular weight excluding hydrogens is 208 g/mol. The van der Waals surface area contributed by atoms with Gasteiger partial charge in [-0.05, 0) is 45.1 Å². The Kier molecular flexibility index (Phi) is 4.87. The Bertz CT molecular complexity index is 221. The van der Waals surface area contributed by atoms with Crippen LogP contribution >= 0.6 is 0 Å². The fraction of sp³-hybridized carbons (Fsp3) is 1.00. The highest BCUT2D eigenvalue weighted by Crippen LogP contribution is 2.27. The molecule has 2 heteroatoms. The molecule has 2 fully saturated rings. The van der Waals surface area contributed by atoms with Gasteiger partial charge >= 0.3 is 0 Å². The third-order valence-electron chi connectivity index (χ3n) is 4.54. The standard InChI is InChI=1S/C15H30N2/c1-12(2)10-14-11-17(13(3)8-9-16-14)15-6-4-5-7-15/h12-16H,4-11H2,1-3H3. The Morgan fingerprint density at radius 2 is 1.88 bits per heavy atom. The molecule has 2 nitrogen and oxygen atoms in total. The molecule has 0 radical (unpaired) electrons. The maximum absolute atomic E-state index is 3.76. The zero-order valence-electron chi connectivity index (χ0n) is 11.9. The topological polar surface area (TPSA) is 15.3 Å². The lowest BCUT2D eigenvalue weighted by atomic mass is 10.0. The minimum Gasteiger partial charge on any atom is -0.313 e. The van der Waals surface area contributed by atoms with Crippen LogP contribution in [0.5, 0.6) is 0 Å². The Balaban J connectivity index is 1.95. The third kappa shape index (κ3) is 3.69. The molecule has 2 rings (SSSR count). The van der Waals surface area contributed by atoms with E-state index < -0.39 is 0 Å². The maximum atomic E-state index is 3.76. The van der Waals surface area contributed by atoms with Gasteiger partial charge in [0, 0.05) is 24.7 Å². The number of rotatable bonds is 3. The second-order valence-corrected chi connectivity index (χ2v) is 6.55. The van der Waals surface area contributed by atoms with Crippen molar-refractivity contribution in [3.05, 3.63) is 0 Å². The molecule has 17 heavy (non-hydrogen) atoms. The fourth-order valence-corrected chi connectivity index (χ4v) is 3.63. The van der Waals surface area contributed by atoms with Crippen molar-refractivity contribution in [2.75, 3.05) is 13.1 Å². The summed E-state index contributed by atoms with van der Waals surface area (Å²) in [6, 6.07) is 2.39. The molecule has 2 aliphatic rings. The van der Waals surface area contributed by atoms with Crippen LogP contribution in [0.3, 0.4) is 0 Å². The Morgan fingerprint density at radius 3 is 2.53 bits per heavy atom. The smallest absolute Gasteiger partial charge is 0.0197 e. The van der Waals surface area contributed by atoms with E-state index in [1.54, 1.807) is 0 Å². The summed E-state index contributed by atoms with van der Waals surface area (Å²) in [5.41, 5.74) is 0. The Morgan fingerprint density at radius 1 is 1.18 bits per heavy atom. The van der Waals surface area contributed by atoms with Crippen molar-refractivity contribution in [1.82, 2.24) is 10.2 Å². The summed E-state index contributed by atoms with van der Waals surface area (Å²) in [7, 11) is 0. The second kappa shape index (κ2) is 6.19. The van der Waals surface area contributed by atoms with E-state index in [4.69, 9.17) is 0 Å². The van der Waals surface area contributed by atoms with Gasteiger partial charge in [-0.2, -0.15) is 0 Å². The van der Waals surface area contributed by atoms with Gasteiger partial charge in [0.1, 0.15) is 0 Å². The van der Waals surface area contributed by atoms with Crippen LogP contribution in [-0.4, -0.2) is 36.1 Å². The summed E-state index contributed by atoms with van der Waals surface area (Å²) in [5.74, 6) is 0.811. The van der Waals surface area contributed by atoms with Crippen LogP contribution in [0.25, 0.3) is 0 Å². The highest BCUT2D eigenvalue weighted by Gasteiger charge is 2.30. The molecule has 0 spiro atoms. The minimum atomic E-state index is 0.723. The monoisotopic (exact) mass is 238 g/mol. The van der Waals surface area contributed by atoms with Crippen molar-refractivity contribution in [3.8, 4) is 0 Å². The average Bonchev–Trinajstić information content (AvgIpc) is 2.71. The Labute approximate surface area is 107 Å². The first-order chi connectivity index (χ1) is 8.16. The van der Waals surface area contributed by atoms with E-state index in [0.29, 0.717) is 0 Å². The van der Waals surface area contributed by atoms with Crippen LogP contribution in [0.2, 0.25) is 0 Å². The van der Waals surface area contributed by atoms with E-state index in [0.717, 1.165) is 24.0 Å². The van der Waals surface area contributed by atoms with Crippen molar-refractivity contribution in [2.24, 2.45) is 5.92 Å². The first-order valence-corrected chi connectivity index (χ1v) is 7.66. The number of nitrogens with zero attached hydrogens (tertiary/aromatic N) is 1. The summed E-state index contributed by atoms with van der Waals surface area (Å²) in [4.78, 5) is 2.82. The van der Waals surface area contributed by atoms with Crippen LogP contribution in [0.4, 0.5) is 0 Å². The Hall–Kier alpha value is -0.0800. The average molecular weight is 238 g/mol. The van der Waals surface area contributed by atoms with Gasteiger partial charge in [0.25, 0.3) is 0 Å². The summed E-state index contributed by atoms with van der Waals surface area (Å²) < 4.78 is 0. The first-order valence-electron chi connectivity index (χ1n) is 7.66. The summed E-state index contributed by atoms with van der Waals surface area (Å²) >= 11 is 0. The summed E-state index contributed by atoms with van der Waals surface area (Å²) in [6.07, 6.45) is 8.45. The summed E-state index contributed by atoms with van der Waals surface area (Å²) in [6.45, 7) is 9.61. The van der Waals surface area contributed by atoms with E-state index in [9.17, 15) is 0 Å². The van der Waals surface area contributed by atoms with Gasteiger partial charge in [-0.3, -0.25) is 4.90 Å². The molecule has 1 saturated carbocycles. The molecule has 2 atom stereocenters. The highest BCUT2D eigenvalue weighted by atomic mass is 15.2. The molecule has 0 aromatic carbocycles. The predicted octanol–water partition coefficient (Wildman–Crippen LogP) is 3.03. The largest absolute Gasteiger partial charge is 0.313 e. The molecule has 0 bridgehead atoms. The van der Waals surface area contributed by atoms with Crippen molar-refractivity contribution < 1.29 is 0 Å². The molecule has 0 aromatic heterocycles. The number of hydrogen-bond donors (Lipinski definition) is 1. The molecule has 1 heterocycles. The van der Waals surface area contributed by atoms with Gasteiger partial charge in [-0.25, -0.2) is 0 Å². The van der Waals surface area contributed by atoms with Crippen LogP contribution in [-0.2, 0) is 0 Å². The molecule has 1 saturated heterocycles. The molecule has 2 unspecified atom stereocenters. The minimum absolute atomic E-state index is 0.723. The summed E-state index contributed by atoms with van der Waals surface area (Å²) in [5, 5.41) is 3.76. The zero-order valence-corrected chi connectivity index (χ0v) is 11.9. The molecular formula is C15H30N2. The van der Waals surface area contributed by atoms with Crippen molar-refractivity contribution in [1.29, 1.82) is 0 Å². The lowest BCUT2D eigenvalue weighted by molar-refractivity contribution is 0.138.